The normalized spacial score (nSPS) is 23.5. The van der Waals surface area contributed by atoms with E-state index in [4.69, 9.17) is 19.7 Å². The lowest BCUT2D eigenvalue weighted by atomic mass is 10.2. The molecule has 132 valence electrons. The first-order chi connectivity index (χ1) is 11.2. The first-order valence-corrected chi connectivity index (χ1v) is 6.93. The third-order valence-electron chi connectivity index (χ3n) is 3.54. The number of carbonyl (C=O) groups is 2. The third-order valence-corrected chi connectivity index (χ3v) is 3.54. The number of rotatable bonds is 6. The lowest BCUT2D eigenvalue weighted by Crippen LogP contribution is -2.37. The molecule has 0 radical (unpaired) electrons. The molecule has 0 aromatic carbocycles. The number of carboxylic acid groups (broad SMARTS) is 2. The van der Waals surface area contributed by atoms with Gasteiger partial charge in [-0.05, 0) is 6.92 Å². The molecule has 3 atom stereocenters. The van der Waals surface area contributed by atoms with Gasteiger partial charge in [0.1, 0.15) is 12.3 Å². The number of nitrogens with zero attached hydrogens (tertiary/aromatic N) is 1. The number of aliphatic hydroxyl groups is 1. The van der Waals surface area contributed by atoms with Gasteiger partial charge >= 0.3 is 17.6 Å². The second-order valence-electron chi connectivity index (χ2n) is 5.30. The minimum Gasteiger partial charge on any atom is -0.479 e. The van der Waals surface area contributed by atoms with Gasteiger partial charge in [-0.2, -0.15) is 0 Å². The van der Waals surface area contributed by atoms with E-state index in [2.05, 4.69) is 4.98 Å². The monoisotopic (exact) mass is 344 g/mol. The molecule has 1 aromatic heterocycles. The Hall–Kier alpha value is -2.50. The fourth-order valence-corrected chi connectivity index (χ4v) is 2.28. The number of aromatic nitrogens is 2. The van der Waals surface area contributed by atoms with E-state index >= 15 is 0 Å². The molecule has 0 spiro atoms. The van der Waals surface area contributed by atoms with E-state index in [1.165, 1.54) is 13.1 Å². The van der Waals surface area contributed by atoms with Crippen LogP contribution in [0.5, 0.6) is 0 Å². The van der Waals surface area contributed by atoms with Crippen LogP contribution in [0.15, 0.2) is 15.8 Å². The fraction of sp³-hybridized carbons (Fsp3) is 0.538. The van der Waals surface area contributed by atoms with Crippen LogP contribution >= 0.6 is 0 Å². The number of aliphatic hydroxyl groups excluding tert-OH is 1. The number of hydrogen-bond donors (Lipinski definition) is 4. The lowest BCUT2D eigenvalue weighted by molar-refractivity contribution is -0.170. The van der Waals surface area contributed by atoms with Gasteiger partial charge < -0.3 is 24.8 Å². The summed E-state index contributed by atoms with van der Waals surface area (Å²) in [7, 11) is 0. The Balaban J connectivity index is 2.09. The number of ether oxygens (including phenoxy) is 2. The predicted octanol–water partition coefficient (Wildman–Crippen LogP) is -1.95. The highest BCUT2D eigenvalue weighted by atomic mass is 16.6. The van der Waals surface area contributed by atoms with E-state index < -0.39 is 54.3 Å². The van der Waals surface area contributed by atoms with Crippen LogP contribution in [0, 0.1) is 6.92 Å². The van der Waals surface area contributed by atoms with Gasteiger partial charge in [0, 0.05) is 18.2 Å². The van der Waals surface area contributed by atoms with Gasteiger partial charge in [-0.15, -0.1) is 0 Å². The molecular formula is C13H16N2O9. The van der Waals surface area contributed by atoms with Crippen LogP contribution in [-0.4, -0.2) is 61.7 Å². The SMILES string of the molecule is Cc1cn([C@H]2C[C@H](O)[C@@H](COC(C(=O)O)C(=O)O)O2)c(=O)[nH]c1=O. The van der Waals surface area contributed by atoms with E-state index in [1.54, 1.807) is 0 Å². The number of aromatic amines is 1. The van der Waals surface area contributed by atoms with Crippen molar-refractivity contribution in [2.75, 3.05) is 6.61 Å². The summed E-state index contributed by atoms with van der Waals surface area (Å²) in [6.45, 7) is 1.00. The Morgan fingerprint density at radius 3 is 2.62 bits per heavy atom. The third kappa shape index (κ3) is 3.69. The van der Waals surface area contributed by atoms with Crippen LogP contribution in [0.25, 0.3) is 0 Å². The first kappa shape index (κ1) is 17.8. The molecular weight excluding hydrogens is 328 g/mol. The highest BCUT2D eigenvalue weighted by molar-refractivity contribution is 5.95. The minimum absolute atomic E-state index is 0.00970. The maximum atomic E-state index is 11.8. The number of H-pyrrole nitrogens is 1. The van der Waals surface area contributed by atoms with Gasteiger partial charge in [0.2, 0.25) is 0 Å². The van der Waals surface area contributed by atoms with Gasteiger partial charge in [0.05, 0.1) is 12.7 Å². The van der Waals surface area contributed by atoms with Crippen molar-refractivity contribution in [2.24, 2.45) is 0 Å². The summed E-state index contributed by atoms with van der Waals surface area (Å²) >= 11 is 0. The van der Waals surface area contributed by atoms with Crippen LogP contribution in [0.1, 0.15) is 18.2 Å². The Morgan fingerprint density at radius 1 is 1.42 bits per heavy atom. The van der Waals surface area contributed by atoms with Crippen LogP contribution in [0.3, 0.4) is 0 Å². The van der Waals surface area contributed by atoms with Gasteiger partial charge in [0.25, 0.3) is 11.7 Å². The molecule has 0 amide bonds. The Morgan fingerprint density at radius 2 is 2.04 bits per heavy atom. The standard InChI is InChI=1S/C13H16N2O9/c1-5-3-15(13(22)14-10(5)17)8-2-6(16)7(24-8)4-23-9(11(18)19)12(20)21/h3,6-9,16H,2,4H2,1H3,(H,18,19)(H,20,21)(H,14,17,22)/t6-,7+,8+/m0/s1. The van der Waals surface area contributed by atoms with Crippen LogP contribution < -0.4 is 11.2 Å². The molecule has 24 heavy (non-hydrogen) atoms. The van der Waals surface area contributed by atoms with Crippen molar-refractivity contribution in [3.63, 3.8) is 0 Å². The summed E-state index contributed by atoms with van der Waals surface area (Å²) in [6, 6.07) is 0. The Bertz CT molecular complexity index is 739. The number of aryl methyl sites for hydroxylation is 1. The van der Waals surface area contributed by atoms with Crippen molar-refractivity contribution in [1.29, 1.82) is 0 Å². The molecule has 4 N–H and O–H groups in total. The average molecular weight is 344 g/mol. The number of nitrogens with one attached hydrogen (secondary N) is 1. The first-order valence-electron chi connectivity index (χ1n) is 6.93. The highest BCUT2D eigenvalue weighted by Crippen LogP contribution is 2.28. The zero-order valence-corrected chi connectivity index (χ0v) is 12.5. The molecule has 2 heterocycles. The van der Waals surface area contributed by atoms with Crippen LogP contribution in [0.4, 0.5) is 0 Å². The predicted molar refractivity (Wildman–Crippen MR) is 75.6 cm³/mol. The highest BCUT2D eigenvalue weighted by Gasteiger charge is 2.37. The lowest BCUT2D eigenvalue weighted by Gasteiger charge is -2.17. The van der Waals surface area contributed by atoms with Crippen molar-refractivity contribution >= 4 is 11.9 Å². The van der Waals surface area contributed by atoms with E-state index in [0.29, 0.717) is 0 Å². The van der Waals surface area contributed by atoms with E-state index in [9.17, 15) is 24.3 Å². The zero-order chi connectivity index (χ0) is 18.0. The quantitative estimate of drug-likeness (QED) is 0.428. The van der Waals surface area contributed by atoms with Crippen molar-refractivity contribution < 1.29 is 34.4 Å². The molecule has 1 aliphatic heterocycles. The molecule has 0 aliphatic carbocycles. The molecule has 0 unspecified atom stereocenters. The number of carboxylic acids is 2. The largest absolute Gasteiger partial charge is 0.479 e. The molecule has 1 fully saturated rings. The van der Waals surface area contributed by atoms with Crippen molar-refractivity contribution in [1.82, 2.24) is 9.55 Å². The smallest absolute Gasteiger partial charge is 0.344 e. The van der Waals surface area contributed by atoms with Crippen LogP contribution in [0.2, 0.25) is 0 Å². The maximum absolute atomic E-state index is 11.8. The number of aliphatic carboxylic acids is 2. The van der Waals surface area contributed by atoms with Crippen molar-refractivity contribution in [2.45, 2.75) is 37.9 Å². The molecule has 11 heteroatoms. The Kier molecular flexibility index (Phi) is 5.17. The summed E-state index contributed by atoms with van der Waals surface area (Å²) in [5.74, 6) is -3.36. The number of hydrogen-bond acceptors (Lipinski definition) is 7. The molecule has 0 bridgehead atoms. The molecule has 1 aromatic rings. The van der Waals surface area contributed by atoms with Gasteiger partial charge in [0.15, 0.2) is 0 Å². The molecule has 1 aliphatic rings. The van der Waals surface area contributed by atoms with Crippen LogP contribution in [-0.2, 0) is 19.1 Å². The van der Waals surface area contributed by atoms with Crippen molar-refractivity contribution in [3.05, 3.63) is 32.6 Å². The van der Waals surface area contributed by atoms with Gasteiger partial charge in [-0.1, -0.05) is 0 Å². The van der Waals surface area contributed by atoms with E-state index in [1.807, 2.05) is 0 Å². The van der Waals surface area contributed by atoms with E-state index in [0.717, 1.165) is 4.57 Å². The summed E-state index contributed by atoms with van der Waals surface area (Å²) in [4.78, 5) is 46.7. The van der Waals surface area contributed by atoms with Gasteiger partial charge in [-0.3, -0.25) is 14.3 Å². The van der Waals surface area contributed by atoms with Crippen molar-refractivity contribution in [3.8, 4) is 0 Å². The summed E-state index contributed by atoms with van der Waals surface area (Å²) in [5, 5.41) is 27.4. The fourth-order valence-electron chi connectivity index (χ4n) is 2.28. The average Bonchev–Trinajstić information content (AvgIpc) is 2.83. The maximum Gasteiger partial charge on any atom is 0.344 e. The summed E-state index contributed by atoms with van der Waals surface area (Å²) < 4.78 is 11.3. The van der Waals surface area contributed by atoms with E-state index in [-0.39, 0.29) is 12.0 Å². The topological polar surface area (TPSA) is 168 Å². The molecule has 2 rings (SSSR count). The molecule has 0 saturated carbocycles. The molecule has 11 nitrogen and oxygen atoms in total. The minimum atomic E-state index is -2.09. The zero-order valence-electron chi connectivity index (χ0n) is 12.5. The Labute approximate surface area is 134 Å². The second-order valence-corrected chi connectivity index (χ2v) is 5.30. The molecule has 1 saturated heterocycles. The van der Waals surface area contributed by atoms with Gasteiger partial charge in [-0.25, -0.2) is 14.4 Å². The summed E-state index contributed by atoms with van der Waals surface area (Å²) in [5.41, 5.74) is -0.997. The second kappa shape index (κ2) is 6.95. The summed E-state index contributed by atoms with van der Waals surface area (Å²) in [6.07, 6.45) is -3.83.